The number of anilines is 1. The Morgan fingerprint density at radius 3 is 2.48 bits per heavy atom. The summed E-state index contributed by atoms with van der Waals surface area (Å²) in [4.78, 5) is 25.6. The number of amides is 1. The quantitative estimate of drug-likeness (QED) is 0.859. The van der Waals surface area contributed by atoms with Crippen LogP contribution in [0.4, 0.5) is 5.82 Å². The van der Waals surface area contributed by atoms with Crippen LogP contribution in [0, 0.1) is 24.7 Å². The Balaban J connectivity index is 1.33. The summed E-state index contributed by atoms with van der Waals surface area (Å²) < 4.78 is 0. The zero-order valence-corrected chi connectivity index (χ0v) is 13.9. The van der Waals surface area contributed by atoms with Crippen LogP contribution >= 0.6 is 0 Å². The molecule has 1 amide bonds. The monoisotopic (exact) mass is 314 g/mol. The molecule has 0 aromatic carbocycles. The second-order valence-corrected chi connectivity index (χ2v) is 7.60. The molecule has 4 rings (SSSR count). The van der Waals surface area contributed by atoms with Gasteiger partial charge in [0, 0.05) is 56.2 Å². The predicted octanol–water partition coefficient (Wildman–Crippen LogP) is 2.26. The minimum Gasteiger partial charge on any atom is -0.356 e. The Morgan fingerprint density at radius 2 is 1.83 bits per heavy atom. The fourth-order valence-electron chi connectivity index (χ4n) is 4.59. The summed E-state index contributed by atoms with van der Waals surface area (Å²) in [7, 11) is 0. The molecule has 5 nitrogen and oxygen atoms in total. The molecule has 1 aliphatic carbocycles. The van der Waals surface area contributed by atoms with Crippen LogP contribution in [0.25, 0.3) is 0 Å². The van der Waals surface area contributed by atoms with E-state index >= 15 is 0 Å². The number of carbonyl (C=O) groups is 1. The molecule has 0 bridgehead atoms. The molecule has 2 unspecified atom stereocenters. The molecule has 1 aromatic heterocycles. The van der Waals surface area contributed by atoms with E-state index in [0.717, 1.165) is 44.1 Å². The van der Waals surface area contributed by atoms with Gasteiger partial charge in [-0.3, -0.25) is 4.79 Å². The van der Waals surface area contributed by atoms with Crippen LogP contribution in [0.2, 0.25) is 0 Å². The van der Waals surface area contributed by atoms with Gasteiger partial charge in [-0.25, -0.2) is 9.97 Å². The van der Waals surface area contributed by atoms with Crippen molar-refractivity contribution < 1.29 is 4.79 Å². The van der Waals surface area contributed by atoms with E-state index in [1.807, 2.05) is 6.92 Å². The molecule has 1 aromatic rings. The van der Waals surface area contributed by atoms with Gasteiger partial charge in [-0.1, -0.05) is 12.8 Å². The molecule has 1 saturated carbocycles. The average molecular weight is 314 g/mol. The molecule has 0 spiro atoms. The van der Waals surface area contributed by atoms with Gasteiger partial charge in [0.1, 0.15) is 12.1 Å². The van der Waals surface area contributed by atoms with Crippen LogP contribution in [0.3, 0.4) is 0 Å². The van der Waals surface area contributed by atoms with Crippen molar-refractivity contribution in [2.45, 2.75) is 39.0 Å². The number of aromatic nitrogens is 2. The average Bonchev–Trinajstić information content (AvgIpc) is 3.22. The lowest BCUT2D eigenvalue weighted by atomic mass is 10.0. The fraction of sp³-hybridized carbons (Fsp3) is 0.722. The molecular weight excluding hydrogens is 288 g/mol. The first-order chi connectivity index (χ1) is 11.2. The summed E-state index contributed by atoms with van der Waals surface area (Å²) in [6.45, 7) is 5.93. The highest BCUT2D eigenvalue weighted by molar-refractivity contribution is 5.77. The molecule has 2 saturated heterocycles. The van der Waals surface area contributed by atoms with Crippen LogP contribution in [-0.4, -0.2) is 47.0 Å². The topological polar surface area (TPSA) is 49.3 Å². The third-order valence-corrected chi connectivity index (χ3v) is 5.89. The highest BCUT2D eigenvalue weighted by atomic mass is 16.2. The van der Waals surface area contributed by atoms with E-state index in [2.05, 4.69) is 25.8 Å². The van der Waals surface area contributed by atoms with Crippen LogP contribution in [-0.2, 0) is 4.79 Å². The van der Waals surface area contributed by atoms with Crippen molar-refractivity contribution in [1.82, 2.24) is 14.9 Å². The van der Waals surface area contributed by atoms with Gasteiger partial charge in [-0.2, -0.15) is 0 Å². The second kappa shape index (κ2) is 6.10. The lowest BCUT2D eigenvalue weighted by Crippen LogP contribution is -2.34. The van der Waals surface area contributed by atoms with E-state index < -0.39 is 0 Å². The van der Waals surface area contributed by atoms with Crippen LogP contribution in [0.5, 0.6) is 0 Å². The first-order valence-corrected chi connectivity index (χ1v) is 9.00. The molecular formula is C18H26N4O. The van der Waals surface area contributed by atoms with E-state index in [0.29, 0.717) is 23.7 Å². The zero-order valence-electron chi connectivity index (χ0n) is 13.9. The van der Waals surface area contributed by atoms with Gasteiger partial charge in [0.25, 0.3) is 0 Å². The Bertz CT molecular complexity index is 570. The number of hydrogen-bond donors (Lipinski definition) is 0. The van der Waals surface area contributed by atoms with Gasteiger partial charge in [-0.15, -0.1) is 0 Å². The number of likely N-dealkylation sites (tertiary alicyclic amines) is 1. The summed E-state index contributed by atoms with van der Waals surface area (Å²) in [5, 5.41) is 0. The Labute approximate surface area is 138 Å². The highest BCUT2D eigenvalue weighted by Crippen LogP contribution is 2.35. The molecule has 2 aliphatic heterocycles. The second-order valence-electron chi connectivity index (χ2n) is 7.60. The van der Waals surface area contributed by atoms with Gasteiger partial charge >= 0.3 is 0 Å². The third-order valence-electron chi connectivity index (χ3n) is 5.89. The normalized spacial score (nSPS) is 27.7. The molecule has 124 valence electrons. The minimum atomic E-state index is 0.399. The highest BCUT2D eigenvalue weighted by Gasteiger charge is 2.42. The smallest absolute Gasteiger partial charge is 0.222 e. The van der Waals surface area contributed by atoms with Crippen LogP contribution in [0.15, 0.2) is 12.4 Å². The summed E-state index contributed by atoms with van der Waals surface area (Å²) in [6.07, 6.45) is 7.58. The number of fused-ring (bicyclic) bond motifs is 1. The van der Waals surface area contributed by atoms with Crippen LogP contribution in [0.1, 0.15) is 37.8 Å². The number of aryl methyl sites for hydroxylation is 1. The van der Waals surface area contributed by atoms with E-state index in [1.54, 1.807) is 6.33 Å². The molecule has 0 radical (unpaired) electrons. The van der Waals surface area contributed by atoms with Crippen molar-refractivity contribution in [3.8, 4) is 0 Å². The summed E-state index contributed by atoms with van der Waals surface area (Å²) in [6, 6.07) is 2.06. The number of nitrogens with zero attached hydrogens (tertiary/aromatic N) is 4. The third kappa shape index (κ3) is 3.06. The van der Waals surface area contributed by atoms with Crippen molar-refractivity contribution in [3.63, 3.8) is 0 Å². The maximum Gasteiger partial charge on any atom is 0.222 e. The van der Waals surface area contributed by atoms with Crippen LogP contribution < -0.4 is 4.90 Å². The maximum atomic E-state index is 12.5. The zero-order chi connectivity index (χ0) is 15.8. The van der Waals surface area contributed by atoms with Crippen molar-refractivity contribution in [2.75, 3.05) is 31.1 Å². The number of hydrogen-bond acceptors (Lipinski definition) is 4. The number of carbonyl (C=O) groups excluding carboxylic acids is 1. The molecule has 5 heteroatoms. The first kappa shape index (κ1) is 14.9. The van der Waals surface area contributed by atoms with E-state index in [9.17, 15) is 4.79 Å². The van der Waals surface area contributed by atoms with Gasteiger partial charge < -0.3 is 9.80 Å². The summed E-state index contributed by atoms with van der Waals surface area (Å²) in [5.41, 5.74) is 1.01. The maximum absolute atomic E-state index is 12.5. The molecule has 3 heterocycles. The minimum absolute atomic E-state index is 0.399. The van der Waals surface area contributed by atoms with Gasteiger partial charge in [0.15, 0.2) is 0 Å². The molecule has 2 atom stereocenters. The Hall–Kier alpha value is -1.65. The summed E-state index contributed by atoms with van der Waals surface area (Å²) in [5.74, 6) is 3.31. The standard InChI is InChI=1S/C18H26N4O/c1-13-6-17(20-12-19-13)21-8-15-10-22(11-16(15)9-21)18(23)7-14-4-2-3-5-14/h6,12,14-16H,2-5,7-11H2,1H3. The van der Waals surface area contributed by atoms with Crippen molar-refractivity contribution >= 4 is 11.7 Å². The SMILES string of the molecule is Cc1cc(N2CC3CN(C(=O)CC4CCCC4)CC3C2)ncn1. The predicted molar refractivity (Wildman–Crippen MR) is 89.1 cm³/mol. The lowest BCUT2D eigenvalue weighted by molar-refractivity contribution is -0.131. The molecule has 3 fully saturated rings. The molecule has 0 N–H and O–H groups in total. The van der Waals surface area contributed by atoms with E-state index in [1.165, 1.54) is 25.7 Å². The first-order valence-electron chi connectivity index (χ1n) is 9.00. The van der Waals surface area contributed by atoms with Gasteiger partial charge in [0.05, 0.1) is 0 Å². The Morgan fingerprint density at radius 1 is 1.13 bits per heavy atom. The van der Waals surface area contributed by atoms with E-state index in [4.69, 9.17) is 0 Å². The van der Waals surface area contributed by atoms with Crippen molar-refractivity contribution in [1.29, 1.82) is 0 Å². The molecule has 23 heavy (non-hydrogen) atoms. The number of rotatable bonds is 3. The Kier molecular flexibility index (Phi) is 3.95. The van der Waals surface area contributed by atoms with E-state index in [-0.39, 0.29) is 0 Å². The lowest BCUT2D eigenvalue weighted by Gasteiger charge is -2.23. The van der Waals surface area contributed by atoms with Gasteiger partial charge in [-0.05, 0) is 25.7 Å². The summed E-state index contributed by atoms with van der Waals surface area (Å²) >= 11 is 0. The fourth-order valence-corrected chi connectivity index (χ4v) is 4.59. The van der Waals surface area contributed by atoms with Crippen molar-refractivity contribution in [2.24, 2.45) is 17.8 Å². The van der Waals surface area contributed by atoms with Gasteiger partial charge in [0.2, 0.25) is 5.91 Å². The van der Waals surface area contributed by atoms with Crippen molar-refractivity contribution in [3.05, 3.63) is 18.1 Å². The largest absolute Gasteiger partial charge is 0.356 e. The molecule has 3 aliphatic rings.